The second-order valence-electron chi connectivity index (χ2n) is 8.79. The zero-order chi connectivity index (χ0) is 24.5. The van der Waals surface area contributed by atoms with E-state index in [0.29, 0.717) is 18.7 Å². The van der Waals surface area contributed by atoms with Crippen LogP contribution < -0.4 is 16.4 Å². The number of primary amides is 1. The Morgan fingerprint density at radius 2 is 1.85 bits per heavy atom. The number of anilines is 1. The Morgan fingerprint density at radius 1 is 1.12 bits per heavy atom. The first-order valence-corrected chi connectivity index (χ1v) is 11.8. The number of likely N-dealkylation sites (tertiary alicyclic amines) is 1. The summed E-state index contributed by atoms with van der Waals surface area (Å²) in [6, 6.07) is 15.9. The van der Waals surface area contributed by atoms with Crippen molar-refractivity contribution in [1.29, 1.82) is 0 Å². The summed E-state index contributed by atoms with van der Waals surface area (Å²) >= 11 is 0. The third kappa shape index (κ3) is 7.05. The molecule has 2 aromatic rings. The average Bonchev–Trinajstić information content (AvgIpc) is 3.30. The Labute approximate surface area is 200 Å². The molecule has 182 valence electrons. The summed E-state index contributed by atoms with van der Waals surface area (Å²) in [7, 11) is 0. The van der Waals surface area contributed by atoms with Gasteiger partial charge in [-0.3, -0.25) is 14.5 Å². The second-order valence-corrected chi connectivity index (χ2v) is 8.79. The van der Waals surface area contributed by atoms with Crippen LogP contribution in [-0.4, -0.2) is 41.4 Å². The van der Waals surface area contributed by atoms with Gasteiger partial charge in [0.2, 0.25) is 11.8 Å². The van der Waals surface area contributed by atoms with Crippen LogP contribution >= 0.6 is 0 Å². The van der Waals surface area contributed by atoms with E-state index in [4.69, 9.17) is 10.5 Å². The molecule has 1 unspecified atom stereocenters. The van der Waals surface area contributed by atoms with Crippen LogP contribution in [0.3, 0.4) is 0 Å². The van der Waals surface area contributed by atoms with Gasteiger partial charge in [-0.1, -0.05) is 62.7 Å². The van der Waals surface area contributed by atoms with Crippen molar-refractivity contribution in [3.05, 3.63) is 65.7 Å². The van der Waals surface area contributed by atoms with E-state index in [2.05, 4.69) is 15.5 Å². The minimum atomic E-state index is -0.741. The quantitative estimate of drug-likeness (QED) is 0.497. The maximum Gasteiger partial charge on any atom is 0.408 e. The van der Waals surface area contributed by atoms with Crippen molar-refractivity contribution in [1.82, 2.24) is 10.2 Å². The Hall–Kier alpha value is -3.39. The molecule has 0 saturated carbocycles. The molecule has 0 bridgehead atoms. The molecular weight excluding hydrogens is 432 g/mol. The number of benzene rings is 2. The zero-order valence-corrected chi connectivity index (χ0v) is 19.8. The molecular formula is C26H34N4O4. The smallest absolute Gasteiger partial charge is 0.408 e. The van der Waals surface area contributed by atoms with Gasteiger partial charge in [-0.2, -0.15) is 0 Å². The van der Waals surface area contributed by atoms with Crippen molar-refractivity contribution in [2.24, 2.45) is 11.7 Å². The van der Waals surface area contributed by atoms with Gasteiger partial charge in [0.1, 0.15) is 12.6 Å². The molecule has 0 radical (unpaired) electrons. The molecule has 3 amide bonds. The molecule has 3 atom stereocenters. The highest BCUT2D eigenvalue weighted by Crippen LogP contribution is 2.21. The molecule has 3 rings (SSSR count). The molecule has 1 aliphatic heterocycles. The van der Waals surface area contributed by atoms with Crippen molar-refractivity contribution >= 4 is 23.6 Å². The first kappa shape index (κ1) is 25.2. The molecule has 1 saturated heterocycles. The number of hydrogen-bond acceptors (Lipinski definition) is 5. The van der Waals surface area contributed by atoms with Crippen molar-refractivity contribution < 1.29 is 19.1 Å². The van der Waals surface area contributed by atoms with Gasteiger partial charge in [0.05, 0.1) is 6.04 Å². The number of nitrogens with two attached hydrogens (primary N) is 1. The van der Waals surface area contributed by atoms with Crippen LogP contribution in [0, 0.1) is 5.92 Å². The lowest BCUT2D eigenvalue weighted by molar-refractivity contribution is -0.122. The third-order valence-electron chi connectivity index (χ3n) is 6.25. The van der Waals surface area contributed by atoms with Crippen LogP contribution in [0.15, 0.2) is 54.6 Å². The highest BCUT2D eigenvalue weighted by atomic mass is 16.5. The summed E-state index contributed by atoms with van der Waals surface area (Å²) in [6.45, 7) is 5.40. The van der Waals surface area contributed by atoms with Crippen molar-refractivity contribution in [2.75, 3.05) is 11.9 Å². The maximum atomic E-state index is 13.1. The number of ether oxygens (including phenoxy) is 1. The third-order valence-corrected chi connectivity index (χ3v) is 6.25. The zero-order valence-electron chi connectivity index (χ0n) is 19.8. The van der Waals surface area contributed by atoms with Crippen molar-refractivity contribution in [3.63, 3.8) is 0 Å². The van der Waals surface area contributed by atoms with E-state index in [1.807, 2.05) is 62.4 Å². The van der Waals surface area contributed by atoms with Crippen LogP contribution in [0.1, 0.15) is 44.2 Å². The second kappa shape index (κ2) is 12.2. The lowest BCUT2D eigenvalue weighted by Gasteiger charge is -2.24. The van der Waals surface area contributed by atoms with Crippen LogP contribution in [0.25, 0.3) is 0 Å². The highest BCUT2D eigenvalue weighted by Gasteiger charge is 2.29. The first-order valence-electron chi connectivity index (χ1n) is 11.8. The normalized spacial score (nSPS) is 17.5. The van der Waals surface area contributed by atoms with Gasteiger partial charge in [-0.05, 0) is 48.6 Å². The lowest BCUT2D eigenvalue weighted by Crippen LogP contribution is -2.47. The number of rotatable bonds is 10. The minimum absolute atomic E-state index is 0.0895. The molecule has 1 fully saturated rings. The van der Waals surface area contributed by atoms with E-state index in [1.165, 1.54) is 0 Å². The number of alkyl carbamates (subject to hydrolysis) is 1. The van der Waals surface area contributed by atoms with Gasteiger partial charge in [0, 0.05) is 12.2 Å². The van der Waals surface area contributed by atoms with Gasteiger partial charge < -0.3 is 21.1 Å². The van der Waals surface area contributed by atoms with Gasteiger partial charge in [-0.15, -0.1) is 0 Å². The molecule has 1 heterocycles. The fourth-order valence-electron chi connectivity index (χ4n) is 4.13. The molecule has 0 aliphatic carbocycles. The highest BCUT2D eigenvalue weighted by molar-refractivity contribution is 5.96. The summed E-state index contributed by atoms with van der Waals surface area (Å²) in [5.74, 6) is -0.698. The largest absolute Gasteiger partial charge is 0.445 e. The predicted molar refractivity (Wildman–Crippen MR) is 131 cm³/mol. The fourth-order valence-corrected chi connectivity index (χ4v) is 4.13. The van der Waals surface area contributed by atoms with E-state index < -0.39 is 12.1 Å². The minimum Gasteiger partial charge on any atom is -0.445 e. The first-order chi connectivity index (χ1) is 16.4. The van der Waals surface area contributed by atoms with E-state index in [9.17, 15) is 14.4 Å². The molecule has 0 aromatic heterocycles. The standard InChI is InChI=1S/C26H34N4O4/c1-3-18(2)23(29-26(33)34-17-19-9-5-4-6-10-19)25(32)28-21-12-7-11-20(15-21)16-30-14-8-13-22(30)24(27)31/h4-7,9-12,15,18,22-23H,3,8,13-14,16-17H2,1-2H3,(H2,27,31)(H,28,32)(H,29,33)/t18-,22?,23-/m0/s1. The number of hydrogen-bond donors (Lipinski definition) is 3. The Morgan fingerprint density at radius 3 is 2.56 bits per heavy atom. The van der Waals surface area contributed by atoms with Crippen LogP contribution in [0.5, 0.6) is 0 Å². The van der Waals surface area contributed by atoms with Crippen molar-refractivity contribution in [2.45, 2.75) is 58.3 Å². The maximum absolute atomic E-state index is 13.1. The Bertz CT molecular complexity index is 982. The number of carbonyl (C=O) groups is 3. The SMILES string of the molecule is CC[C@H](C)[C@H](NC(=O)OCc1ccccc1)C(=O)Nc1cccc(CN2CCCC2C(N)=O)c1. The molecule has 0 spiro atoms. The van der Waals surface area contributed by atoms with Crippen molar-refractivity contribution in [3.8, 4) is 0 Å². The number of carbonyl (C=O) groups excluding carboxylic acids is 3. The Kier molecular flexibility index (Phi) is 9.04. The van der Waals surface area contributed by atoms with Crippen LogP contribution in [0.2, 0.25) is 0 Å². The molecule has 8 heteroatoms. The molecule has 8 nitrogen and oxygen atoms in total. The number of nitrogens with zero attached hydrogens (tertiary/aromatic N) is 1. The van der Waals surface area contributed by atoms with Gasteiger partial charge in [-0.25, -0.2) is 4.79 Å². The van der Waals surface area contributed by atoms with Gasteiger partial charge >= 0.3 is 6.09 Å². The molecule has 4 N–H and O–H groups in total. The average molecular weight is 467 g/mol. The summed E-state index contributed by atoms with van der Waals surface area (Å²) in [6.07, 6.45) is 1.78. The lowest BCUT2D eigenvalue weighted by atomic mass is 9.98. The summed E-state index contributed by atoms with van der Waals surface area (Å²) in [5.41, 5.74) is 8.00. The van der Waals surface area contributed by atoms with E-state index in [0.717, 1.165) is 30.5 Å². The predicted octanol–water partition coefficient (Wildman–Crippen LogP) is 3.42. The summed E-state index contributed by atoms with van der Waals surface area (Å²) in [4.78, 5) is 39.2. The van der Waals surface area contributed by atoms with E-state index in [-0.39, 0.29) is 30.4 Å². The van der Waals surface area contributed by atoms with Gasteiger partial charge in [0.15, 0.2) is 0 Å². The molecule has 2 aromatic carbocycles. The van der Waals surface area contributed by atoms with Crippen LogP contribution in [-0.2, 0) is 27.5 Å². The molecule has 1 aliphatic rings. The summed E-state index contributed by atoms with van der Waals surface area (Å²) in [5, 5.41) is 5.63. The summed E-state index contributed by atoms with van der Waals surface area (Å²) < 4.78 is 5.30. The van der Waals surface area contributed by atoms with Crippen LogP contribution in [0.4, 0.5) is 10.5 Å². The number of nitrogens with one attached hydrogen (secondary N) is 2. The Balaban J connectivity index is 1.61. The van der Waals surface area contributed by atoms with Gasteiger partial charge in [0.25, 0.3) is 0 Å². The van der Waals surface area contributed by atoms with E-state index >= 15 is 0 Å². The molecule has 34 heavy (non-hydrogen) atoms. The topological polar surface area (TPSA) is 114 Å². The monoisotopic (exact) mass is 466 g/mol. The fraction of sp³-hybridized carbons (Fsp3) is 0.423. The number of amides is 3. The van der Waals surface area contributed by atoms with E-state index in [1.54, 1.807) is 6.07 Å².